The summed E-state index contributed by atoms with van der Waals surface area (Å²) in [5.41, 5.74) is 2.08. The Hall–Kier alpha value is -1.06. The summed E-state index contributed by atoms with van der Waals surface area (Å²) < 4.78 is 0. The fourth-order valence-electron chi connectivity index (χ4n) is 1.84. The molecule has 3 nitrogen and oxygen atoms in total. The summed E-state index contributed by atoms with van der Waals surface area (Å²) in [4.78, 5) is 12.9. The third kappa shape index (κ3) is 5.21. The molecule has 1 aromatic carbocycles. The van der Waals surface area contributed by atoms with Crippen LogP contribution in [0.2, 0.25) is 5.02 Å². The van der Waals surface area contributed by atoms with Crippen LogP contribution in [0.3, 0.4) is 0 Å². The summed E-state index contributed by atoms with van der Waals surface area (Å²) in [5, 5.41) is 9.58. The Balaban J connectivity index is 2.81. The molecule has 106 valence electrons. The van der Waals surface area contributed by atoms with Crippen molar-refractivity contribution in [2.24, 2.45) is 0 Å². The standard InChI is InChI=1S/C15H22ClNO2/c1-11-5-6-12(9-13(11)16)10-17(15(2,3)4)8-7-14(18)19/h5-6,9H,7-8,10H2,1-4H3,(H,18,19). The zero-order valence-corrected chi connectivity index (χ0v) is 12.8. The molecule has 19 heavy (non-hydrogen) atoms. The van der Waals surface area contributed by atoms with E-state index in [1.807, 2.05) is 25.1 Å². The van der Waals surface area contributed by atoms with Gasteiger partial charge in [-0.15, -0.1) is 0 Å². The predicted octanol–water partition coefficient (Wildman–Crippen LogP) is 3.72. The molecule has 0 unspecified atom stereocenters. The summed E-state index contributed by atoms with van der Waals surface area (Å²) in [7, 11) is 0. The normalized spacial score (nSPS) is 11.9. The van der Waals surface area contributed by atoms with Crippen LogP contribution < -0.4 is 0 Å². The van der Waals surface area contributed by atoms with Gasteiger partial charge in [0.25, 0.3) is 0 Å². The van der Waals surface area contributed by atoms with Crippen molar-refractivity contribution < 1.29 is 9.90 Å². The second-order valence-corrected chi connectivity index (χ2v) is 6.23. The van der Waals surface area contributed by atoms with Crippen molar-refractivity contribution in [3.05, 3.63) is 34.3 Å². The summed E-state index contributed by atoms with van der Waals surface area (Å²) in [5.74, 6) is -0.767. The second kappa shape index (κ2) is 6.40. The Bertz CT molecular complexity index is 452. The van der Waals surface area contributed by atoms with Gasteiger partial charge in [0.2, 0.25) is 0 Å². The number of halogens is 1. The van der Waals surface area contributed by atoms with E-state index in [4.69, 9.17) is 16.7 Å². The largest absolute Gasteiger partial charge is 0.481 e. The van der Waals surface area contributed by atoms with Crippen molar-refractivity contribution in [3.8, 4) is 0 Å². The highest BCUT2D eigenvalue weighted by Gasteiger charge is 2.22. The number of hydrogen-bond donors (Lipinski definition) is 1. The highest BCUT2D eigenvalue weighted by Crippen LogP contribution is 2.21. The Kier molecular flexibility index (Phi) is 5.39. The monoisotopic (exact) mass is 283 g/mol. The SMILES string of the molecule is Cc1ccc(CN(CCC(=O)O)C(C)(C)C)cc1Cl. The van der Waals surface area contributed by atoms with Crippen LogP contribution in [0.5, 0.6) is 0 Å². The van der Waals surface area contributed by atoms with Crippen LogP contribution >= 0.6 is 11.6 Å². The minimum absolute atomic E-state index is 0.0766. The Morgan fingerprint density at radius 1 is 1.37 bits per heavy atom. The van der Waals surface area contributed by atoms with Gasteiger partial charge in [0.15, 0.2) is 0 Å². The van der Waals surface area contributed by atoms with E-state index in [2.05, 4.69) is 25.7 Å². The van der Waals surface area contributed by atoms with E-state index >= 15 is 0 Å². The number of aliphatic carboxylic acids is 1. The molecule has 0 radical (unpaired) electrons. The highest BCUT2D eigenvalue weighted by molar-refractivity contribution is 6.31. The van der Waals surface area contributed by atoms with E-state index in [1.54, 1.807) is 0 Å². The molecule has 0 bridgehead atoms. The Morgan fingerprint density at radius 3 is 2.47 bits per heavy atom. The number of carboxylic acid groups (broad SMARTS) is 1. The van der Waals surface area contributed by atoms with Crippen LogP contribution in [-0.4, -0.2) is 28.1 Å². The van der Waals surface area contributed by atoms with Gasteiger partial charge >= 0.3 is 5.97 Å². The first kappa shape index (κ1) is 16.0. The lowest BCUT2D eigenvalue weighted by Crippen LogP contribution is -2.42. The van der Waals surface area contributed by atoms with E-state index in [1.165, 1.54) is 0 Å². The van der Waals surface area contributed by atoms with E-state index in [9.17, 15) is 4.79 Å². The fourth-order valence-corrected chi connectivity index (χ4v) is 2.04. The average molecular weight is 284 g/mol. The number of benzene rings is 1. The molecule has 0 heterocycles. The molecule has 0 saturated heterocycles. The summed E-state index contributed by atoms with van der Waals surface area (Å²) in [6, 6.07) is 5.99. The Labute approximate surface area is 120 Å². The minimum Gasteiger partial charge on any atom is -0.481 e. The van der Waals surface area contributed by atoms with E-state index < -0.39 is 5.97 Å². The van der Waals surface area contributed by atoms with Gasteiger partial charge in [0, 0.05) is 23.7 Å². The maximum Gasteiger partial charge on any atom is 0.304 e. The summed E-state index contributed by atoms with van der Waals surface area (Å²) in [6.07, 6.45) is 0.150. The van der Waals surface area contributed by atoms with Gasteiger partial charge in [-0.05, 0) is 44.9 Å². The van der Waals surface area contributed by atoms with Crippen molar-refractivity contribution in [1.29, 1.82) is 0 Å². The van der Waals surface area contributed by atoms with Gasteiger partial charge in [-0.1, -0.05) is 23.7 Å². The summed E-state index contributed by atoms with van der Waals surface area (Å²) >= 11 is 6.13. The third-order valence-electron chi connectivity index (χ3n) is 3.15. The highest BCUT2D eigenvalue weighted by atomic mass is 35.5. The number of aryl methyl sites for hydroxylation is 1. The van der Waals surface area contributed by atoms with Crippen LogP contribution in [0.15, 0.2) is 18.2 Å². The molecule has 0 aliphatic carbocycles. The molecule has 0 aliphatic rings. The second-order valence-electron chi connectivity index (χ2n) is 5.82. The topological polar surface area (TPSA) is 40.5 Å². The van der Waals surface area contributed by atoms with Gasteiger partial charge in [-0.3, -0.25) is 9.69 Å². The molecule has 0 aliphatic heterocycles. The van der Waals surface area contributed by atoms with Crippen molar-refractivity contribution >= 4 is 17.6 Å². The zero-order valence-electron chi connectivity index (χ0n) is 12.0. The molecule has 0 amide bonds. The van der Waals surface area contributed by atoms with Crippen molar-refractivity contribution in [2.75, 3.05) is 6.54 Å². The maximum atomic E-state index is 10.7. The molecule has 1 rings (SSSR count). The molecular formula is C15H22ClNO2. The van der Waals surface area contributed by atoms with E-state index in [0.717, 1.165) is 16.1 Å². The van der Waals surface area contributed by atoms with Crippen molar-refractivity contribution in [1.82, 2.24) is 4.90 Å². The number of rotatable bonds is 5. The lowest BCUT2D eigenvalue weighted by molar-refractivity contribution is -0.137. The molecule has 0 spiro atoms. The molecule has 0 saturated carbocycles. The first-order valence-corrected chi connectivity index (χ1v) is 6.80. The first-order valence-electron chi connectivity index (χ1n) is 6.42. The maximum absolute atomic E-state index is 10.7. The number of carboxylic acids is 1. The van der Waals surface area contributed by atoms with Crippen LogP contribution in [0, 0.1) is 6.92 Å². The van der Waals surface area contributed by atoms with Crippen LogP contribution in [-0.2, 0) is 11.3 Å². The molecule has 0 aromatic heterocycles. The van der Waals surface area contributed by atoms with E-state index in [-0.39, 0.29) is 12.0 Å². The van der Waals surface area contributed by atoms with Crippen molar-refractivity contribution in [3.63, 3.8) is 0 Å². The van der Waals surface area contributed by atoms with Gasteiger partial charge < -0.3 is 5.11 Å². The van der Waals surface area contributed by atoms with Crippen LogP contribution in [0.4, 0.5) is 0 Å². The first-order chi connectivity index (χ1) is 8.70. The quantitative estimate of drug-likeness (QED) is 0.895. The molecule has 0 atom stereocenters. The predicted molar refractivity (Wildman–Crippen MR) is 78.6 cm³/mol. The molecule has 1 N–H and O–H groups in total. The molecule has 4 heteroatoms. The van der Waals surface area contributed by atoms with Gasteiger partial charge in [0.05, 0.1) is 6.42 Å². The lowest BCUT2D eigenvalue weighted by Gasteiger charge is -2.35. The fraction of sp³-hybridized carbons (Fsp3) is 0.533. The smallest absolute Gasteiger partial charge is 0.304 e. The molecule has 0 fully saturated rings. The van der Waals surface area contributed by atoms with Crippen LogP contribution in [0.25, 0.3) is 0 Å². The van der Waals surface area contributed by atoms with E-state index in [0.29, 0.717) is 13.1 Å². The van der Waals surface area contributed by atoms with Gasteiger partial charge in [-0.25, -0.2) is 0 Å². The van der Waals surface area contributed by atoms with Crippen molar-refractivity contribution in [2.45, 2.75) is 46.2 Å². The Morgan fingerprint density at radius 2 is 2.00 bits per heavy atom. The zero-order chi connectivity index (χ0) is 14.6. The minimum atomic E-state index is -0.767. The average Bonchev–Trinajstić information content (AvgIpc) is 2.27. The molecular weight excluding hydrogens is 262 g/mol. The molecule has 1 aromatic rings. The number of carbonyl (C=O) groups is 1. The summed E-state index contributed by atoms with van der Waals surface area (Å²) in [6.45, 7) is 9.47. The number of hydrogen-bond acceptors (Lipinski definition) is 2. The third-order valence-corrected chi connectivity index (χ3v) is 3.56. The van der Waals surface area contributed by atoms with Gasteiger partial charge in [0.1, 0.15) is 0 Å². The lowest BCUT2D eigenvalue weighted by atomic mass is 10.0. The number of nitrogens with zero attached hydrogens (tertiary/aromatic N) is 1. The van der Waals surface area contributed by atoms with Gasteiger partial charge in [-0.2, -0.15) is 0 Å². The van der Waals surface area contributed by atoms with Crippen LogP contribution in [0.1, 0.15) is 38.3 Å².